The topological polar surface area (TPSA) is 40.5 Å². The summed E-state index contributed by atoms with van der Waals surface area (Å²) in [6, 6.07) is 0. The van der Waals surface area contributed by atoms with E-state index in [1.165, 1.54) is 0 Å². The minimum atomic E-state index is -4.24. The Hall–Kier alpha value is -0.550. The lowest BCUT2D eigenvalue weighted by Gasteiger charge is -2.60. The molecular formula is C20H29F3O2. The molecule has 4 aliphatic rings. The fourth-order valence-electron chi connectivity index (χ4n) is 7.12. The molecule has 5 heteroatoms. The molecule has 0 aromatic rings. The second-order valence-electron chi connectivity index (χ2n) is 9.53. The van der Waals surface area contributed by atoms with Crippen LogP contribution in [0.3, 0.4) is 0 Å². The summed E-state index contributed by atoms with van der Waals surface area (Å²) in [5.41, 5.74) is -0.0297. The highest BCUT2D eigenvalue weighted by Crippen LogP contribution is 2.68. The van der Waals surface area contributed by atoms with E-state index in [9.17, 15) is 23.4 Å². The van der Waals surface area contributed by atoms with Crippen LogP contribution in [-0.4, -0.2) is 28.6 Å². The van der Waals surface area contributed by atoms with Gasteiger partial charge in [-0.15, -0.1) is 0 Å². The minimum absolute atomic E-state index is 0.00785. The van der Waals surface area contributed by atoms with Crippen LogP contribution in [0.2, 0.25) is 0 Å². The normalized spacial score (nSPS) is 52.8. The Labute approximate surface area is 147 Å². The smallest absolute Gasteiger partial charge is 0.392 e. The largest absolute Gasteiger partial charge is 0.393 e. The first-order chi connectivity index (χ1) is 11.6. The van der Waals surface area contributed by atoms with Gasteiger partial charge in [0, 0.05) is 0 Å². The van der Waals surface area contributed by atoms with Crippen molar-refractivity contribution in [1.82, 2.24) is 0 Å². The third-order valence-corrected chi connectivity index (χ3v) is 8.41. The predicted octanol–water partition coefficient (Wildman–Crippen LogP) is 4.46. The number of halogens is 3. The Bertz CT molecular complexity index is 586. The van der Waals surface area contributed by atoms with E-state index in [1.807, 2.05) is 13.8 Å². The maximum atomic E-state index is 14.1. The first-order valence-corrected chi connectivity index (χ1v) is 9.70. The van der Waals surface area contributed by atoms with Gasteiger partial charge in [-0.05, 0) is 73.5 Å². The van der Waals surface area contributed by atoms with Gasteiger partial charge in [0.1, 0.15) is 0 Å². The first-order valence-electron chi connectivity index (χ1n) is 9.70. The lowest BCUT2D eigenvalue weighted by molar-refractivity contribution is -0.244. The zero-order chi connectivity index (χ0) is 18.2. The summed E-state index contributed by atoms with van der Waals surface area (Å²) in [5.74, 6) is -1.60. The van der Waals surface area contributed by atoms with Crippen molar-refractivity contribution in [2.24, 2.45) is 34.5 Å². The van der Waals surface area contributed by atoms with E-state index >= 15 is 0 Å². The fourth-order valence-corrected chi connectivity index (χ4v) is 7.12. The lowest BCUT2D eigenvalue weighted by atomic mass is 9.45. The molecule has 142 valence electrons. The van der Waals surface area contributed by atoms with Crippen LogP contribution in [0.5, 0.6) is 0 Å². The summed E-state index contributed by atoms with van der Waals surface area (Å²) in [4.78, 5) is 0. The van der Waals surface area contributed by atoms with Gasteiger partial charge in [-0.1, -0.05) is 25.5 Å². The summed E-state index contributed by atoms with van der Waals surface area (Å²) >= 11 is 0. The quantitative estimate of drug-likeness (QED) is 0.628. The molecule has 4 rings (SSSR count). The van der Waals surface area contributed by atoms with Gasteiger partial charge in [-0.2, -0.15) is 13.2 Å². The standard InChI is InChI=1S/C20H29F3O2/c1-18-8-7-12(24)9-11(18)3-4-13-14-5-6-16(25)19(14,2)10-15(17(13)18)20(21,22)23/h3,12-17,24-25H,4-10H2,1-2H3/t12-,13-,14-,15+,16-,17+,18-,19-/m0/s1. The Morgan fingerprint density at radius 2 is 1.84 bits per heavy atom. The molecule has 0 aromatic heterocycles. The number of alkyl halides is 3. The average Bonchev–Trinajstić information content (AvgIpc) is 2.82. The van der Waals surface area contributed by atoms with E-state index in [4.69, 9.17) is 0 Å². The second kappa shape index (κ2) is 5.48. The Balaban J connectivity index is 1.80. The van der Waals surface area contributed by atoms with E-state index in [0.29, 0.717) is 32.1 Å². The van der Waals surface area contributed by atoms with Crippen LogP contribution in [0.25, 0.3) is 0 Å². The zero-order valence-electron chi connectivity index (χ0n) is 15.0. The molecular weight excluding hydrogens is 329 g/mol. The van der Waals surface area contributed by atoms with E-state index in [-0.39, 0.29) is 18.3 Å². The van der Waals surface area contributed by atoms with Gasteiger partial charge >= 0.3 is 6.18 Å². The van der Waals surface area contributed by atoms with Crippen LogP contribution in [0.15, 0.2) is 11.6 Å². The second-order valence-corrected chi connectivity index (χ2v) is 9.53. The molecule has 0 radical (unpaired) electrons. The molecule has 0 unspecified atom stereocenters. The van der Waals surface area contributed by atoms with Crippen molar-refractivity contribution in [1.29, 1.82) is 0 Å². The number of hydrogen-bond acceptors (Lipinski definition) is 2. The van der Waals surface area contributed by atoms with Gasteiger partial charge in [-0.3, -0.25) is 0 Å². The van der Waals surface area contributed by atoms with Crippen molar-refractivity contribution in [3.8, 4) is 0 Å². The van der Waals surface area contributed by atoms with Crippen LogP contribution in [0.4, 0.5) is 13.2 Å². The number of fused-ring (bicyclic) bond motifs is 5. The monoisotopic (exact) mass is 358 g/mol. The predicted molar refractivity (Wildman–Crippen MR) is 88.6 cm³/mol. The number of allylic oxidation sites excluding steroid dienone is 1. The molecule has 2 nitrogen and oxygen atoms in total. The van der Waals surface area contributed by atoms with Crippen molar-refractivity contribution < 1.29 is 23.4 Å². The van der Waals surface area contributed by atoms with Gasteiger partial charge in [0.2, 0.25) is 0 Å². The van der Waals surface area contributed by atoms with Gasteiger partial charge in [0.05, 0.1) is 18.1 Å². The van der Waals surface area contributed by atoms with Gasteiger partial charge in [0.15, 0.2) is 0 Å². The fraction of sp³-hybridized carbons (Fsp3) is 0.900. The molecule has 0 heterocycles. The van der Waals surface area contributed by atoms with Gasteiger partial charge in [0.25, 0.3) is 0 Å². The van der Waals surface area contributed by atoms with Crippen molar-refractivity contribution in [3.05, 3.63) is 11.6 Å². The Kier molecular flexibility index (Phi) is 3.91. The Morgan fingerprint density at radius 1 is 1.12 bits per heavy atom. The van der Waals surface area contributed by atoms with Crippen LogP contribution < -0.4 is 0 Å². The van der Waals surface area contributed by atoms with E-state index in [1.54, 1.807) is 0 Å². The highest BCUT2D eigenvalue weighted by atomic mass is 19.4. The molecule has 25 heavy (non-hydrogen) atoms. The number of rotatable bonds is 0. The van der Waals surface area contributed by atoms with Crippen molar-refractivity contribution in [3.63, 3.8) is 0 Å². The number of aliphatic hydroxyl groups excluding tert-OH is 2. The SMILES string of the molecule is C[C@]12C[C@@H](C(F)(F)F)[C@H]3[C@@H](CC=C4C[C@@H](O)CC[C@@]43C)[C@@H]1CC[C@@H]2O. The summed E-state index contributed by atoms with van der Waals surface area (Å²) in [7, 11) is 0. The molecule has 0 bridgehead atoms. The first kappa shape index (κ1) is 17.8. The number of aliphatic hydroxyl groups is 2. The van der Waals surface area contributed by atoms with Gasteiger partial charge in [-0.25, -0.2) is 0 Å². The van der Waals surface area contributed by atoms with E-state index < -0.39 is 41.1 Å². The highest BCUT2D eigenvalue weighted by molar-refractivity contribution is 5.26. The van der Waals surface area contributed by atoms with Crippen LogP contribution in [-0.2, 0) is 0 Å². The summed E-state index contributed by atoms with van der Waals surface area (Å²) in [5, 5.41) is 20.5. The van der Waals surface area contributed by atoms with E-state index in [2.05, 4.69) is 6.08 Å². The molecule has 0 spiro atoms. The molecule has 0 aliphatic heterocycles. The maximum absolute atomic E-state index is 14.1. The molecule has 0 aromatic carbocycles. The molecule has 0 saturated heterocycles. The maximum Gasteiger partial charge on any atom is 0.392 e. The minimum Gasteiger partial charge on any atom is -0.393 e. The van der Waals surface area contributed by atoms with Crippen molar-refractivity contribution in [2.75, 3.05) is 0 Å². The summed E-state index contributed by atoms with van der Waals surface area (Å²) in [6.07, 6.45) is 0.801. The third kappa shape index (κ3) is 2.44. The Morgan fingerprint density at radius 3 is 2.52 bits per heavy atom. The third-order valence-electron chi connectivity index (χ3n) is 8.41. The van der Waals surface area contributed by atoms with Crippen LogP contribution in [0.1, 0.15) is 58.8 Å². The summed E-state index contributed by atoms with van der Waals surface area (Å²) in [6.45, 7) is 3.89. The molecule has 3 saturated carbocycles. The molecule has 0 amide bonds. The van der Waals surface area contributed by atoms with Crippen molar-refractivity contribution >= 4 is 0 Å². The average molecular weight is 358 g/mol. The summed E-state index contributed by atoms with van der Waals surface area (Å²) < 4.78 is 42.4. The molecule has 4 aliphatic carbocycles. The number of hydrogen-bond donors (Lipinski definition) is 2. The molecule has 2 N–H and O–H groups in total. The zero-order valence-corrected chi connectivity index (χ0v) is 15.0. The molecule has 8 atom stereocenters. The van der Waals surface area contributed by atoms with Gasteiger partial charge < -0.3 is 10.2 Å². The highest BCUT2D eigenvalue weighted by Gasteiger charge is 2.66. The van der Waals surface area contributed by atoms with Crippen LogP contribution in [0, 0.1) is 34.5 Å². The molecule has 3 fully saturated rings. The van der Waals surface area contributed by atoms with Crippen LogP contribution >= 0.6 is 0 Å². The van der Waals surface area contributed by atoms with Crippen molar-refractivity contribution in [2.45, 2.75) is 77.2 Å². The van der Waals surface area contributed by atoms with E-state index in [0.717, 1.165) is 12.0 Å². The lowest BCUT2D eigenvalue weighted by Crippen LogP contribution is -2.58.